The smallest absolute Gasteiger partial charge is 0.207 e. The van der Waals surface area contributed by atoms with Gasteiger partial charge in [0.2, 0.25) is 10.0 Å². The van der Waals surface area contributed by atoms with Gasteiger partial charge in [-0.25, -0.2) is 12.8 Å². The molecule has 2 aromatic rings. The maximum absolute atomic E-state index is 13.2. The van der Waals surface area contributed by atoms with Gasteiger partial charge in [0.15, 0.2) is 0 Å². The van der Waals surface area contributed by atoms with Crippen LogP contribution in [0.1, 0.15) is 11.1 Å². The molecule has 1 saturated heterocycles. The van der Waals surface area contributed by atoms with E-state index in [0.29, 0.717) is 24.4 Å². The third kappa shape index (κ3) is 3.05. The fraction of sp³-hybridized carbons (Fsp3) is 0.294. The summed E-state index contributed by atoms with van der Waals surface area (Å²) < 4.78 is 39.5. The molecule has 3 nitrogen and oxygen atoms in total. The molecular formula is C17H18FNO2S. The minimum absolute atomic E-state index is 0.249. The molecule has 3 rings (SSSR count). The van der Waals surface area contributed by atoms with Crippen LogP contribution >= 0.6 is 0 Å². The minimum atomic E-state index is -3.39. The van der Waals surface area contributed by atoms with E-state index in [1.807, 2.05) is 13.0 Å². The van der Waals surface area contributed by atoms with Gasteiger partial charge in [0.05, 0.1) is 4.90 Å². The van der Waals surface area contributed by atoms with Crippen LogP contribution < -0.4 is 0 Å². The van der Waals surface area contributed by atoms with Gasteiger partial charge < -0.3 is 0 Å². The van der Waals surface area contributed by atoms with E-state index in [9.17, 15) is 12.8 Å². The van der Waals surface area contributed by atoms with Crippen molar-refractivity contribution in [2.45, 2.75) is 18.2 Å². The average molecular weight is 319 g/mol. The normalized spacial score (nSPS) is 16.5. The Hall–Kier alpha value is -1.72. The zero-order chi connectivity index (χ0) is 15.7. The summed E-state index contributed by atoms with van der Waals surface area (Å²) in [5.74, 6) is 0.00276. The van der Waals surface area contributed by atoms with Crippen LogP contribution in [-0.2, 0) is 16.4 Å². The molecule has 1 heterocycles. The fourth-order valence-corrected chi connectivity index (χ4v) is 4.30. The van der Waals surface area contributed by atoms with Gasteiger partial charge in [0.1, 0.15) is 5.82 Å². The summed E-state index contributed by atoms with van der Waals surface area (Å²) in [6.45, 7) is 2.91. The Labute approximate surface area is 130 Å². The molecule has 2 aromatic carbocycles. The van der Waals surface area contributed by atoms with Crippen molar-refractivity contribution in [1.29, 1.82) is 0 Å². The Morgan fingerprint density at radius 2 is 1.82 bits per heavy atom. The molecule has 0 atom stereocenters. The van der Waals surface area contributed by atoms with Gasteiger partial charge in [-0.3, -0.25) is 0 Å². The SMILES string of the molecule is Cc1ccc(S(=O)(=O)N2CC(Cc3cccc(F)c3)C2)cc1. The van der Waals surface area contributed by atoms with Crippen LogP contribution in [0.5, 0.6) is 0 Å². The van der Waals surface area contributed by atoms with Crippen molar-refractivity contribution in [2.75, 3.05) is 13.1 Å². The van der Waals surface area contributed by atoms with Crippen LogP contribution in [0.2, 0.25) is 0 Å². The molecule has 0 aromatic heterocycles. The van der Waals surface area contributed by atoms with E-state index in [2.05, 4.69) is 0 Å². The summed E-state index contributed by atoms with van der Waals surface area (Å²) in [5, 5.41) is 0. The number of aryl methyl sites for hydroxylation is 1. The molecule has 0 spiro atoms. The predicted octanol–water partition coefficient (Wildman–Crippen LogP) is 3.00. The Morgan fingerprint density at radius 1 is 1.14 bits per heavy atom. The maximum Gasteiger partial charge on any atom is 0.243 e. The van der Waals surface area contributed by atoms with E-state index in [4.69, 9.17) is 0 Å². The Kier molecular flexibility index (Phi) is 4.02. The third-order valence-electron chi connectivity index (χ3n) is 4.00. The van der Waals surface area contributed by atoms with Crippen LogP contribution in [0, 0.1) is 18.7 Å². The summed E-state index contributed by atoms with van der Waals surface area (Å²) in [5.41, 5.74) is 1.95. The number of hydrogen-bond acceptors (Lipinski definition) is 2. The molecule has 0 amide bonds. The highest BCUT2D eigenvalue weighted by Gasteiger charge is 2.36. The average Bonchev–Trinajstić information content (AvgIpc) is 2.43. The summed E-state index contributed by atoms with van der Waals surface area (Å²) >= 11 is 0. The Morgan fingerprint density at radius 3 is 2.45 bits per heavy atom. The highest BCUT2D eigenvalue weighted by molar-refractivity contribution is 7.89. The fourth-order valence-electron chi connectivity index (χ4n) is 2.70. The first kappa shape index (κ1) is 15.2. The Bertz CT molecular complexity index is 766. The minimum Gasteiger partial charge on any atom is -0.207 e. The van der Waals surface area contributed by atoms with Gasteiger partial charge in [-0.05, 0) is 49.1 Å². The highest BCUT2D eigenvalue weighted by atomic mass is 32.2. The monoisotopic (exact) mass is 319 g/mol. The number of sulfonamides is 1. The van der Waals surface area contributed by atoms with E-state index in [1.54, 1.807) is 30.3 Å². The van der Waals surface area contributed by atoms with Crippen LogP contribution in [0.15, 0.2) is 53.4 Å². The van der Waals surface area contributed by atoms with Crippen LogP contribution in [-0.4, -0.2) is 25.8 Å². The second-order valence-corrected chi connectivity index (χ2v) is 7.77. The highest BCUT2D eigenvalue weighted by Crippen LogP contribution is 2.27. The molecule has 1 aliphatic heterocycles. The van der Waals surface area contributed by atoms with E-state index >= 15 is 0 Å². The summed E-state index contributed by atoms with van der Waals surface area (Å²) in [6.07, 6.45) is 0.706. The lowest BCUT2D eigenvalue weighted by atomic mass is 9.94. The van der Waals surface area contributed by atoms with Crippen molar-refractivity contribution in [3.8, 4) is 0 Å². The lowest BCUT2D eigenvalue weighted by Gasteiger charge is -2.38. The van der Waals surface area contributed by atoms with E-state index < -0.39 is 10.0 Å². The first-order valence-corrected chi connectivity index (χ1v) is 8.70. The lowest BCUT2D eigenvalue weighted by molar-refractivity contribution is 0.200. The zero-order valence-corrected chi connectivity index (χ0v) is 13.2. The van der Waals surface area contributed by atoms with Crippen LogP contribution in [0.25, 0.3) is 0 Å². The van der Waals surface area contributed by atoms with Crippen molar-refractivity contribution < 1.29 is 12.8 Å². The molecule has 1 fully saturated rings. The largest absolute Gasteiger partial charge is 0.243 e. The van der Waals surface area contributed by atoms with Gasteiger partial charge in [-0.15, -0.1) is 0 Å². The van der Waals surface area contributed by atoms with Gasteiger partial charge >= 0.3 is 0 Å². The molecule has 0 radical (unpaired) electrons. The first-order chi connectivity index (χ1) is 10.4. The summed E-state index contributed by atoms with van der Waals surface area (Å²) in [6, 6.07) is 13.4. The molecule has 0 bridgehead atoms. The number of hydrogen-bond donors (Lipinski definition) is 0. The van der Waals surface area contributed by atoms with Gasteiger partial charge in [-0.2, -0.15) is 4.31 Å². The van der Waals surface area contributed by atoms with Crippen LogP contribution in [0.3, 0.4) is 0 Å². The van der Waals surface area contributed by atoms with Crippen molar-refractivity contribution in [3.63, 3.8) is 0 Å². The molecule has 22 heavy (non-hydrogen) atoms. The standard InChI is InChI=1S/C17H18FNO2S/c1-13-5-7-17(8-6-13)22(20,21)19-11-15(12-19)9-14-3-2-4-16(18)10-14/h2-8,10,15H,9,11-12H2,1H3. The number of benzene rings is 2. The zero-order valence-electron chi connectivity index (χ0n) is 12.4. The quantitative estimate of drug-likeness (QED) is 0.869. The molecular weight excluding hydrogens is 301 g/mol. The summed E-state index contributed by atoms with van der Waals surface area (Å²) in [7, 11) is -3.39. The molecule has 116 valence electrons. The van der Waals surface area contributed by atoms with Gasteiger partial charge in [-0.1, -0.05) is 29.8 Å². The van der Waals surface area contributed by atoms with Crippen molar-refractivity contribution in [2.24, 2.45) is 5.92 Å². The predicted molar refractivity (Wildman–Crippen MR) is 83.5 cm³/mol. The number of halogens is 1. The molecule has 0 N–H and O–H groups in total. The van der Waals surface area contributed by atoms with E-state index in [0.717, 1.165) is 11.1 Å². The van der Waals surface area contributed by atoms with Crippen molar-refractivity contribution in [3.05, 3.63) is 65.5 Å². The van der Waals surface area contributed by atoms with Crippen molar-refractivity contribution in [1.82, 2.24) is 4.31 Å². The van der Waals surface area contributed by atoms with Crippen LogP contribution in [0.4, 0.5) is 4.39 Å². The van der Waals surface area contributed by atoms with Gasteiger partial charge in [0, 0.05) is 13.1 Å². The van der Waals surface area contributed by atoms with E-state index in [1.165, 1.54) is 16.4 Å². The molecule has 0 unspecified atom stereocenters. The molecule has 0 saturated carbocycles. The molecule has 0 aliphatic carbocycles. The first-order valence-electron chi connectivity index (χ1n) is 7.26. The molecule has 1 aliphatic rings. The van der Waals surface area contributed by atoms with E-state index in [-0.39, 0.29) is 11.7 Å². The van der Waals surface area contributed by atoms with Gasteiger partial charge in [0.25, 0.3) is 0 Å². The lowest BCUT2D eigenvalue weighted by Crippen LogP contribution is -2.50. The summed E-state index contributed by atoms with van der Waals surface area (Å²) in [4.78, 5) is 0.335. The third-order valence-corrected chi connectivity index (χ3v) is 5.84. The van der Waals surface area contributed by atoms with Crippen molar-refractivity contribution >= 4 is 10.0 Å². The maximum atomic E-state index is 13.2. The second-order valence-electron chi connectivity index (χ2n) is 5.84. The number of rotatable bonds is 4. The topological polar surface area (TPSA) is 37.4 Å². The Balaban J connectivity index is 1.64. The second kappa shape index (κ2) is 5.82. The molecule has 5 heteroatoms. The number of nitrogens with zero attached hydrogens (tertiary/aromatic N) is 1.